The van der Waals surface area contributed by atoms with Crippen molar-refractivity contribution in [1.82, 2.24) is 9.21 Å². The minimum atomic E-state index is -3.57. The van der Waals surface area contributed by atoms with E-state index in [0.29, 0.717) is 0 Å². The van der Waals surface area contributed by atoms with Crippen molar-refractivity contribution in [3.63, 3.8) is 0 Å². The number of ether oxygens (including phenoxy) is 1. The van der Waals surface area contributed by atoms with Crippen molar-refractivity contribution in [3.8, 4) is 0 Å². The van der Waals surface area contributed by atoms with Crippen LogP contribution in [0.5, 0.6) is 0 Å². The first-order valence-corrected chi connectivity index (χ1v) is 9.26. The van der Waals surface area contributed by atoms with E-state index < -0.39 is 21.9 Å². The van der Waals surface area contributed by atoms with Crippen LogP contribution in [0, 0.1) is 0 Å². The lowest BCUT2D eigenvalue weighted by Crippen LogP contribution is -2.35. The lowest BCUT2D eigenvalue weighted by atomic mass is 10.2. The van der Waals surface area contributed by atoms with Gasteiger partial charge in [-0.2, -0.15) is 0 Å². The van der Waals surface area contributed by atoms with Crippen LogP contribution >= 0.6 is 0 Å². The van der Waals surface area contributed by atoms with Crippen LogP contribution in [0.15, 0.2) is 29.2 Å². The molecule has 1 rings (SSSR count). The Morgan fingerprint density at radius 1 is 1.12 bits per heavy atom. The second-order valence-corrected chi connectivity index (χ2v) is 7.53. The molecular weight excluding hydrogens is 348 g/mol. The summed E-state index contributed by atoms with van der Waals surface area (Å²) in [5.74, 6) is -0.821. The molecule has 140 valence electrons. The van der Waals surface area contributed by atoms with Crippen LogP contribution in [0.25, 0.3) is 0 Å². The highest BCUT2D eigenvalue weighted by molar-refractivity contribution is 7.89. The van der Waals surface area contributed by atoms with Crippen molar-refractivity contribution >= 4 is 21.9 Å². The number of amides is 1. The number of aliphatic hydroxyl groups is 1. The number of hydrogen-bond acceptors (Lipinski definition) is 6. The average molecular weight is 372 g/mol. The molecule has 0 aliphatic heterocycles. The molecule has 8 nitrogen and oxygen atoms in total. The van der Waals surface area contributed by atoms with E-state index in [4.69, 9.17) is 9.84 Å². The standard InChI is InChI=1S/C16H24N2O6S/c1-4-24-15(20)9-10-18(11-12-19)16(21)13-5-7-14(8-6-13)25(22,23)17(2)3/h5-8,19H,4,9-12H2,1-3H3. The van der Waals surface area contributed by atoms with Crippen LogP contribution in [-0.4, -0.2) is 75.0 Å². The summed E-state index contributed by atoms with van der Waals surface area (Å²) in [6.07, 6.45) is 0.0205. The van der Waals surface area contributed by atoms with E-state index in [-0.39, 0.29) is 43.2 Å². The summed E-state index contributed by atoms with van der Waals surface area (Å²) in [5, 5.41) is 9.12. The monoisotopic (exact) mass is 372 g/mol. The van der Waals surface area contributed by atoms with E-state index in [1.165, 1.54) is 43.3 Å². The third kappa shape index (κ3) is 5.80. The van der Waals surface area contributed by atoms with E-state index in [2.05, 4.69) is 0 Å². The quantitative estimate of drug-likeness (QED) is 0.626. The van der Waals surface area contributed by atoms with Gasteiger partial charge >= 0.3 is 5.97 Å². The number of sulfonamides is 1. The highest BCUT2D eigenvalue weighted by Gasteiger charge is 2.20. The summed E-state index contributed by atoms with van der Waals surface area (Å²) in [7, 11) is -0.724. The van der Waals surface area contributed by atoms with Gasteiger partial charge in [0, 0.05) is 32.7 Å². The number of carbonyl (C=O) groups excluding carboxylic acids is 2. The molecule has 25 heavy (non-hydrogen) atoms. The number of esters is 1. The third-order valence-corrected chi connectivity index (χ3v) is 5.26. The van der Waals surface area contributed by atoms with Crippen LogP contribution < -0.4 is 0 Å². The molecule has 0 heterocycles. The fourth-order valence-corrected chi connectivity index (χ4v) is 2.96. The summed E-state index contributed by atoms with van der Waals surface area (Å²) in [4.78, 5) is 25.3. The van der Waals surface area contributed by atoms with Crippen molar-refractivity contribution in [2.75, 3.05) is 40.4 Å². The minimum absolute atomic E-state index is 0.0205. The molecule has 0 aliphatic carbocycles. The zero-order chi connectivity index (χ0) is 19.0. The lowest BCUT2D eigenvalue weighted by Gasteiger charge is -2.21. The first kappa shape index (κ1) is 21.1. The lowest BCUT2D eigenvalue weighted by molar-refractivity contribution is -0.143. The first-order valence-electron chi connectivity index (χ1n) is 7.82. The highest BCUT2D eigenvalue weighted by atomic mass is 32.2. The molecule has 0 unspecified atom stereocenters. The molecule has 1 aromatic carbocycles. The Bertz CT molecular complexity index is 685. The normalized spacial score (nSPS) is 11.4. The highest BCUT2D eigenvalue weighted by Crippen LogP contribution is 2.15. The Kier molecular flexibility index (Phi) is 8.01. The van der Waals surface area contributed by atoms with Gasteiger partial charge in [0.25, 0.3) is 5.91 Å². The van der Waals surface area contributed by atoms with Gasteiger partial charge < -0.3 is 14.7 Å². The van der Waals surface area contributed by atoms with E-state index in [9.17, 15) is 18.0 Å². The summed E-state index contributed by atoms with van der Waals surface area (Å²) in [6, 6.07) is 5.52. The SMILES string of the molecule is CCOC(=O)CCN(CCO)C(=O)c1ccc(S(=O)(=O)N(C)C)cc1. The Labute approximate surface area is 148 Å². The van der Waals surface area contributed by atoms with Crippen LogP contribution in [0.3, 0.4) is 0 Å². The zero-order valence-electron chi connectivity index (χ0n) is 14.6. The van der Waals surface area contributed by atoms with Crippen molar-refractivity contribution in [3.05, 3.63) is 29.8 Å². The van der Waals surface area contributed by atoms with Gasteiger partial charge in [-0.3, -0.25) is 9.59 Å². The molecule has 0 saturated carbocycles. The topological polar surface area (TPSA) is 104 Å². The molecule has 0 saturated heterocycles. The number of nitrogens with zero attached hydrogens (tertiary/aromatic N) is 2. The Morgan fingerprint density at radius 2 is 1.72 bits per heavy atom. The smallest absolute Gasteiger partial charge is 0.307 e. The molecule has 1 aromatic rings. The van der Waals surface area contributed by atoms with Crippen LogP contribution in [0.2, 0.25) is 0 Å². The van der Waals surface area contributed by atoms with Gasteiger partial charge in [0.15, 0.2) is 0 Å². The number of rotatable bonds is 9. The Balaban J connectivity index is 2.89. The summed E-state index contributed by atoms with van der Waals surface area (Å²) in [5.41, 5.74) is 0.273. The van der Waals surface area contributed by atoms with Gasteiger partial charge in [-0.25, -0.2) is 12.7 Å². The maximum atomic E-state index is 12.5. The largest absolute Gasteiger partial charge is 0.466 e. The summed E-state index contributed by atoms with van der Waals surface area (Å²) in [6.45, 7) is 1.88. The van der Waals surface area contributed by atoms with Gasteiger partial charge in [0.05, 0.1) is 24.5 Å². The molecular formula is C16H24N2O6S. The van der Waals surface area contributed by atoms with Gasteiger partial charge in [-0.15, -0.1) is 0 Å². The molecule has 1 N–H and O–H groups in total. The number of aliphatic hydroxyl groups excluding tert-OH is 1. The van der Waals surface area contributed by atoms with Gasteiger partial charge in [0.1, 0.15) is 0 Å². The van der Waals surface area contributed by atoms with Crippen molar-refractivity contribution in [2.45, 2.75) is 18.2 Å². The molecule has 0 aliphatic rings. The predicted octanol–water partition coefficient (Wildman–Crippen LogP) is 0.325. The zero-order valence-corrected chi connectivity index (χ0v) is 15.5. The third-order valence-electron chi connectivity index (χ3n) is 3.43. The summed E-state index contributed by atoms with van der Waals surface area (Å²) >= 11 is 0. The van der Waals surface area contributed by atoms with Crippen molar-refractivity contribution < 1.29 is 27.9 Å². The number of benzene rings is 1. The summed E-state index contributed by atoms with van der Waals surface area (Å²) < 4.78 is 30.0. The van der Waals surface area contributed by atoms with E-state index in [1.807, 2.05) is 0 Å². The van der Waals surface area contributed by atoms with Gasteiger partial charge in [-0.1, -0.05) is 0 Å². The maximum absolute atomic E-state index is 12.5. The Hall–Kier alpha value is -1.97. The van der Waals surface area contributed by atoms with Crippen LogP contribution in [-0.2, 0) is 19.6 Å². The predicted molar refractivity (Wildman–Crippen MR) is 91.6 cm³/mol. The molecule has 0 bridgehead atoms. The second-order valence-electron chi connectivity index (χ2n) is 5.38. The van der Waals surface area contributed by atoms with E-state index >= 15 is 0 Å². The van der Waals surface area contributed by atoms with Gasteiger partial charge in [-0.05, 0) is 31.2 Å². The maximum Gasteiger partial charge on any atom is 0.307 e. The molecule has 0 aromatic heterocycles. The fourth-order valence-electron chi connectivity index (χ4n) is 2.06. The minimum Gasteiger partial charge on any atom is -0.466 e. The molecule has 0 fully saturated rings. The molecule has 0 atom stereocenters. The molecule has 1 amide bonds. The molecule has 0 radical (unpaired) electrons. The number of carbonyl (C=O) groups is 2. The first-order chi connectivity index (χ1) is 11.7. The fraction of sp³-hybridized carbons (Fsp3) is 0.500. The molecule has 0 spiro atoms. The van der Waals surface area contributed by atoms with Crippen LogP contribution in [0.1, 0.15) is 23.7 Å². The second kappa shape index (κ2) is 9.50. The van der Waals surface area contributed by atoms with Gasteiger partial charge in [0.2, 0.25) is 10.0 Å². The van der Waals surface area contributed by atoms with Crippen LogP contribution in [0.4, 0.5) is 0 Å². The van der Waals surface area contributed by atoms with E-state index in [1.54, 1.807) is 6.92 Å². The van der Waals surface area contributed by atoms with Crippen molar-refractivity contribution in [2.24, 2.45) is 0 Å². The van der Waals surface area contributed by atoms with Crippen molar-refractivity contribution in [1.29, 1.82) is 0 Å². The molecule has 9 heteroatoms. The average Bonchev–Trinajstić information content (AvgIpc) is 2.58. The Morgan fingerprint density at radius 3 is 2.20 bits per heavy atom. The van der Waals surface area contributed by atoms with E-state index in [0.717, 1.165) is 4.31 Å². The number of hydrogen-bond donors (Lipinski definition) is 1.